The van der Waals surface area contributed by atoms with Gasteiger partial charge < -0.3 is 14.6 Å². The maximum atomic E-state index is 12.4. The number of carbonyl (C=O) groups is 1. The lowest BCUT2D eigenvalue weighted by Crippen LogP contribution is -2.29. The van der Waals surface area contributed by atoms with Gasteiger partial charge in [0.2, 0.25) is 0 Å². The summed E-state index contributed by atoms with van der Waals surface area (Å²) >= 11 is 0. The van der Waals surface area contributed by atoms with Gasteiger partial charge in [0.1, 0.15) is 0 Å². The predicted octanol–water partition coefficient (Wildman–Crippen LogP) is 1.89. The number of aryl methyl sites for hydroxylation is 1. The maximum absolute atomic E-state index is 12.4. The lowest BCUT2D eigenvalue weighted by atomic mass is 10.2. The Kier molecular flexibility index (Phi) is 3.48. The van der Waals surface area contributed by atoms with E-state index in [0.717, 1.165) is 17.0 Å². The van der Waals surface area contributed by atoms with Gasteiger partial charge in [-0.05, 0) is 40.2 Å². The third-order valence-corrected chi connectivity index (χ3v) is 3.68. The molecule has 1 aliphatic rings. The zero-order chi connectivity index (χ0) is 13.4. The number of hydrogen-bond acceptors (Lipinski definition) is 2. The monoisotopic (exact) mass is 250 g/mol. The van der Waals surface area contributed by atoms with E-state index in [1.807, 2.05) is 19.9 Å². The van der Waals surface area contributed by atoms with E-state index in [-0.39, 0.29) is 12.0 Å². The molecule has 4 nitrogen and oxygen atoms in total. The molecule has 1 aromatic rings. The van der Waals surface area contributed by atoms with Crippen LogP contribution in [0.4, 0.5) is 0 Å². The van der Waals surface area contributed by atoms with E-state index in [0.29, 0.717) is 25.6 Å². The van der Waals surface area contributed by atoms with Gasteiger partial charge >= 0.3 is 0 Å². The summed E-state index contributed by atoms with van der Waals surface area (Å²) in [5.41, 5.74) is 2.91. The van der Waals surface area contributed by atoms with E-state index in [1.165, 1.54) is 0 Å². The van der Waals surface area contributed by atoms with Gasteiger partial charge in [-0.15, -0.1) is 0 Å². The molecular formula is C14H22N2O2. The highest BCUT2D eigenvalue weighted by molar-refractivity contribution is 5.96. The van der Waals surface area contributed by atoms with Gasteiger partial charge in [-0.2, -0.15) is 0 Å². The number of carbonyl (C=O) groups excluding carboxylic acids is 1. The average molecular weight is 250 g/mol. The van der Waals surface area contributed by atoms with Gasteiger partial charge in [-0.3, -0.25) is 4.79 Å². The fourth-order valence-electron chi connectivity index (χ4n) is 2.88. The van der Waals surface area contributed by atoms with Crippen LogP contribution in [0, 0.1) is 13.8 Å². The molecule has 1 amide bonds. The van der Waals surface area contributed by atoms with Crippen LogP contribution >= 0.6 is 0 Å². The molecule has 0 radical (unpaired) electrons. The average Bonchev–Trinajstić information content (AvgIpc) is 2.82. The first-order valence-corrected chi connectivity index (χ1v) is 6.57. The van der Waals surface area contributed by atoms with E-state index >= 15 is 0 Å². The Morgan fingerprint density at radius 2 is 2.11 bits per heavy atom. The van der Waals surface area contributed by atoms with Crippen LogP contribution < -0.4 is 0 Å². The molecule has 0 aromatic carbocycles. The second kappa shape index (κ2) is 4.76. The summed E-state index contributed by atoms with van der Waals surface area (Å²) in [5, 5.41) is 9.51. The van der Waals surface area contributed by atoms with Crippen molar-refractivity contribution in [3.63, 3.8) is 0 Å². The quantitative estimate of drug-likeness (QED) is 0.871. The molecule has 4 heteroatoms. The largest absolute Gasteiger partial charge is 0.391 e. The Balaban J connectivity index is 2.29. The number of likely N-dealkylation sites (tertiary alicyclic amines) is 1. The summed E-state index contributed by atoms with van der Waals surface area (Å²) in [6.07, 6.45) is 0.330. The van der Waals surface area contributed by atoms with E-state index in [4.69, 9.17) is 0 Å². The topological polar surface area (TPSA) is 45.5 Å². The van der Waals surface area contributed by atoms with Crippen molar-refractivity contribution in [3.8, 4) is 0 Å². The molecule has 0 aliphatic carbocycles. The zero-order valence-corrected chi connectivity index (χ0v) is 11.6. The fourth-order valence-corrected chi connectivity index (χ4v) is 2.88. The van der Waals surface area contributed by atoms with Crippen molar-refractivity contribution in [2.45, 2.75) is 46.3 Å². The van der Waals surface area contributed by atoms with Crippen LogP contribution in [0.25, 0.3) is 0 Å². The minimum Gasteiger partial charge on any atom is -0.391 e. The summed E-state index contributed by atoms with van der Waals surface area (Å²) in [6.45, 7) is 9.38. The van der Waals surface area contributed by atoms with E-state index in [2.05, 4.69) is 18.4 Å². The number of hydrogen-bond donors (Lipinski definition) is 1. The standard InChI is InChI=1S/C14H22N2O2/c1-9(2)16-10(3)7-13(11(16)4)14(18)15-6-5-12(17)8-15/h7,9,12,17H,5-6,8H2,1-4H3/t12-/m1/s1. The summed E-state index contributed by atoms with van der Waals surface area (Å²) in [5.74, 6) is 0.0477. The molecule has 1 aliphatic heterocycles. The van der Waals surface area contributed by atoms with Gasteiger partial charge in [-0.1, -0.05) is 0 Å². The molecule has 100 valence electrons. The number of aliphatic hydroxyl groups is 1. The molecular weight excluding hydrogens is 228 g/mol. The second-order valence-corrected chi connectivity index (χ2v) is 5.44. The molecule has 1 N–H and O–H groups in total. The van der Waals surface area contributed by atoms with Crippen molar-refractivity contribution < 1.29 is 9.90 Å². The molecule has 0 bridgehead atoms. The van der Waals surface area contributed by atoms with Crippen LogP contribution in [-0.4, -0.2) is 39.7 Å². The molecule has 2 rings (SSSR count). The minimum atomic E-state index is -0.359. The van der Waals surface area contributed by atoms with E-state index < -0.39 is 0 Å². The second-order valence-electron chi connectivity index (χ2n) is 5.44. The first-order valence-electron chi connectivity index (χ1n) is 6.57. The van der Waals surface area contributed by atoms with Gasteiger partial charge in [0.05, 0.1) is 11.7 Å². The molecule has 0 saturated carbocycles. The first kappa shape index (κ1) is 13.1. The minimum absolute atomic E-state index is 0.0477. The Labute approximate surface area is 108 Å². The van der Waals surface area contributed by atoms with Crippen molar-refractivity contribution in [1.82, 2.24) is 9.47 Å². The van der Waals surface area contributed by atoms with Crippen LogP contribution in [0.2, 0.25) is 0 Å². The van der Waals surface area contributed by atoms with Crippen molar-refractivity contribution >= 4 is 5.91 Å². The normalized spacial score (nSPS) is 19.9. The number of aromatic nitrogens is 1. The Bertz CT molecular complexity index is 463. The Hall–Kier alpha value is -1.29. The molecule has 0 spiro atoms. The van der Waals surface area contributed by atoms with Gasteiger partial charge in [0.25, 0.3) is 5.91 Å². The van der Waals surface area contributed by atoms with E-state index in [1.54, 1.807) is 4.90 Å². The van der Waals surface area contributed by atoms with Crippen molar-refractivity contribution in [2.75, 3.05) is 13.1 Å². The lowest BCUT2D eigenvalue weighted by molar-refractivity contribution is 0.0764. The number of nitrogens with zero attached hydrogens (tertiary/aromatic N) is 2. The molecule has 1 atom stereocenters. The molecule has 0 unspecified atom stereocenters. The fraction of sp³-hybridized carbons (Fsp3) is 0.643. The van der Waals surface area contributed by atoms with E-state index in [9.17, 15) is 9.90 Å². The highest BCUT2D eigenvalue weighted by Crippen LogP contribution is 2.23. The van der Waals surface area contributed by atoms with Crippen molar-refractivity contribution in [3.05, 3.63) is 23.0 Å². The Morgan fingerprint density at radius 3 is 2.56 bits per heavy atom. The number of amides is 1. The number of aliphatic hydroxyl groups excluding tert-OH is 1. The van der Waals surface area contributed by atoms with Gasteiger partial charge in [0.15, 0.2) is 0 Å². The predicted molar refractivity (Wildman–Crippen MR) is 70.8 cm³/mol. The summed E-state index contributed by atoms with van der Waals surface area (Å²) in [6, 6.07) is 2.32. The SMILES string of the molecule is Cc1cc(C(=O)N2CC[C@@H](O)C2)c(C)n1C(C)C. The highest BCUT2D eigenvalue weighted by Gasteiger charge is 2.27. The molecule has 2 heterocycles. The zero-order valence-electron chi connectivity index (χ0n) is 11.6. The maximum Gasteiger partial charge on any atom is 0.255 e. The third kappa shape index (κ3) is 2.17. The summed E-state index contributed by atoms with van der Waals surface area (Å²) < 4.78 is 2.18. The summed E-state index contributed by atoms with van der Waals surface area (Å²) in [4.78, 5) is 14.2. The highest BCUT2D eigenvalue weighted by atomic mass is 16.3. The molecule has 1 saturated heterocycles. The van der Waals surface area contributed by atoms with Crippen LogP contribution in [0.3, 0.4) is 0 Å². The van der Waals surface area contributed by atoms with Crippen LogP contribution in [-0.2, 0) is 0 Å². The van der Waals surface area contributed by atoms with Gasteiger partial charge in [-0.25, -0.2) is 0 Å². The Morgan fingerprint density at radius 1 is 1.44 bits per heavy atom. The van der Waals surface area contributed by atoms with Crippen molar-refractivity contribution in [2.24, 2.45) is 0 Å². The lowest BCUT2D eigenvalue weighted by Gasteiger charge is -2.17. The molecule has 18 heavy (non-hydrogen) atoms. The van der Waals surface area contributed by atoms with Crippen LogP contribution in [0.5, 0.6) is 0 Å². The van der Waals surface area contributed by atoms with Gasteiger partial charge in [0, 0.05) is 30.5 Å². The molecule has 1 aromatic heterocycles. The van der Waals surface area contributed by atoms with Crippen LogP contribution in [0.15, 0.2) is 6.07 Å². The number of β-amino-alcohol motifs (C(OH)–C–C–N with tert-alkyl or cyclic N) is 1. The number of rotatable bonds is 2. The molecule has 1 fully saturated rings. The van der Waals surface area contributed by atoms with Crippen molar-refractivity contribution in [1.29, 1.82) is 0 Å². The van der Waals surface area contributed by atoms with Crippen LogP contribution in [0.1, 0.15) is 48.1 Å². The first-order chi connectivity index (χ1) is 8.41. The third-order valence-electron chi connectivity index (χ3n) is 3.68. The summed E-state index contributed by atoms with van der Waals surface area (Å²) in [7, 11) is 0. The smallest absolute Gasteiger partial charge is 0.255 e.